The molecule has 1 fully saturated rings. The van der Waals surface area contributed by atoms with Gasteiger partial charge in [0.2, 0.25) is 0 Å². The third kappa shape index (κ3) is 3.89. The summed E-state index contributed by atoms with van der Waals surface area (Å²) in [4.78, 5) is 12.3. The highest BCUT2D eigenvalue weighted by atomic mass is 35.5. The Kier molecular flexibility index (Phi) is 5.86. The van der Waals surface area contributed by atoms with Crippen LogP contribution in [0.1, 0.15) is 34.3 Å². The summed E-state index contributed by atoms with van der Waals surface area (Å²) < 4.78 is 13.2. The number of rotatable bonds is 5. The van der Waals surface area contributed by atoms with Crippen LogP contribution in [0.15, 0.2) is 42.5 Å². The van der Waals surface area contributed by atoms with E-state index in [4.69, 9.17) is 17.3 Å². The molecule has 1 aliphatic rings. The average molecular weight is 369 g/mol. The zero-order valence-corrected chi connectivity index (χ0v) is 14.6. The molecule has 0 radical (unpaired) electrons. The van der Waals surface area contributed by atoms with Crippen molar-refractivity contribution in [3.8, 4) is 0 Å². The molecule has 1 saturated carbocycles. The minimum atomic E-state index is -0.349. The molecule has 0 aliphatic heterocycles. The zero-order chi connectivity index (χ0) is 16.4. The van der Waals surface area contributed by atoms with E-state index in [0.717, 1.165) is 24.0 Å². The first-order valence-electron chi connectivity index (χ1n) is 7.57. The van der Waals surface area contributed by atoms with Crippen LogP contribution in [0, 0.1) is 5.82 Å². The highest BCUT2D eigenvalue weighted by Crippen LogP contribution is 2.50. The molecule has 3 nitrogen and oxygen atoms in total. The summed E-state index contributed by atoms with van der Waals surface area (Å²) in [5.41, 5.74) is 7.87. The molecule has 0 heterocycles. The molecule has 0 bridgehead atoms. The number of amides is 1. The molecule has 0 atom stereocenters. The Balaban J connectivity index is 0.00000208. The van der Waals surface area contributed by atoms with Gasteiger partial charge in [-0.05, 0) is 48.2 Å². The molecule has 3 N–H and O–H groups in total. The molecule has 0 spiro atoms. The van der Waals surface area contributed by atoms with Gasteiger partial charge in [0, 0.05) is 29.1 Å². The monoisotopic (exact) mass is 368 g/mol. The Morgan fingerprint density at radius 2 is 1.88 bits per heavy atom. The lowest BCUT2D eigenvalue weighted by Gasteiger charge is -2.18. The molecule has 24 heavy (non-hydrogen) atoms. The predicted octanol–water partition coefficient (Wildman–Crippen LogP) is 3.82. The Labute approximate surface area is 151 Å². The zero-order valence-electron chi connectivity index (χ0n) is 13.0. The van der Waals surface area contributed by atoms with E-state index in [9.17, 15) is 9.18 Å². The summed E-state index contributed by atoms with van der Waals surface area (Å²) in [6, 6.07) is 11.7. The fourth-order valence-corrected chi connectivity index (χ4v) is 3.12. The fourth-order valence-electron chi connectivity index (χ4n) is 2.76. The maximum atomic E-state index is 13.2. The smallest absolute Gasteiger partial charge is 0.251 e. The van der Waals surface area contributed by atoms with Gasteiger partial charge < -0.3 is 11.1 Å². The summed E-state index contributed by atoms with van der Waals surface area (Å²) in [7, 11) is 0. The normalized spacial score (nSPS) is 14.6. The van der Waals surface area contributed by atoms with Gasteiger partial charge in [-0.3, -0.25) is 4.79 Å². The number of halogens is 3. The van der Waals surface area contributed by atoms with Crippen LogP contribution in [0.3, 0.4) is 0 Å². The summed E-state index contributed by atoms with van der Waals surface area (Å²) in [6.07, 6.45) is 1.87. The van der Waals surface area contributed by atoms with Gasteiger partial charge in [0.1, 0.15) is 5.82 Å². The van der Waals surface area contributed by atoms with Gasteiger partial charge in [-0.15, -0.1) is 12.4 Å². The van der Waals surface area contributed by atoms with Crippen molar-refractivity contribution in [2.24, 2.45) is 5.73 Å². The largest absolute Gasteiger partial charge is 0.351 e. The lowest BCUT2D eigenvalue weighted by atomic mass is 9.95. The topological polar surface area (TPSA) is 55.1 Å². The SMILES string of the molecule is Cl.NCc1ccc(C(=O)NCC2(c3ccc(F)cc3Cl)CC2)cc1. The highest BCUT2D eigenvalue weighted by molar-refractivity contribution is 6.31. The van der Waals surface area contributed by atoms with Crippen LogP contribution in [0.4, 0.5) is 4.39 Å². The molecular weight excluding hydrogens is 350 g/mol. The maximum absolute atomic E-state index is 13.2. The van der Waals surface area contributed by atoms with Gasteiger partial charge in [0.05, 0.1) is 0 Å². The molecule has 0 aromatic heterocycles. The fraction of sp³-hybridized carbons (Fsp3) is 0.278. The van der Waals surface area contributed by atoms with E-state index in [0.29, 0.717) is 23.7 Å². The van der Waals surface area contributed by atoms with Crippen molar-refractivity contribution >= 4 is 29.9 Å². The molecular formula is C18H19Cl2FN2O. The first-order chi connectivity index (χ1) is 11.0. The number of carbonyl (C=O) groups is 1. The summed E-state index contributed by atoms with van der Waals surface area (Å²) >= 11 is 6.16. The van der Waals surface area contributed by atoms with E-state index >= 15 is 0 Å². The lowest BCUT2D eigenvalue weighted by Crippen LogP contribution is -2.32. The van der Waals surface area contributed by atoms with Crippen LogP contribution >= 0.6 is 24.0 Å². The van der Waals surface area contributed by atoms with Crippen molar-refractivity contribution in [1.29, 1.82) is 0 Å². The minimum absolute atomic E-state index is 0. The van der Waals surface area contributed by atoms with Crippen LogP contribution in [0.5, 0.6) is 0 Å². The summed E-state index contributed by atoms with van der Waals surface area (Å²) in [6.45, 7) is 0.948. The number of nitrogens with two attached hydrogens (primary N) is 1. The molecule has 2 aromatic rings. The second-order valence-corrected chi connectivity index (χ2v) is 6.40. The maximum Gasteiger partial charge on any atom is 0.251 e. The van der Waals surface area contributed by atoms with E-state index in [2.05, 4.69) is 5.32 Å². The second kappa shape index (κ2) is 7.51. The van der Waals surface area contributed by atoms with Gasteiger partial charge >= 0.3 is 0 Å². The summed E-state index contributed by atoms with van der Waals surface area (Å²) in [5, 5.41) is 3.38. The van der Waals surface area contributed by atoms with E-state index < -0.39 is 0 Å². The van der Waals surface area contributed by atoms with Crippen molar-refractivity contribution in [2.45, 2.75) is 24.8 Å². The van der Waals surface area contributed by atoms with Crippen LogP contribution in [0.25, 0.3) is 0 Å². The first kappa shape index (κ1) is 18.7. The van der Waals surface area contributed by atoms with Gasteiger partial charge in [0.15, 0.2) is 0 Å². The predicted molar refractivity (Wildman–Crippen MR) is 96.2 cm³/mol. The average Bonchev–Trinajstić information content (AvgIpc) is 3.33. The number of carbonyl (C=O) groups excluding carboxylic acids is 1. The third-order valence-electron chi connectivity index (χ3n) is 4.40. The van der Waals surface area contributed by atoms with Crippen LogP contribution < -0.4 is 11.1 Å². The van der Waals surface area contributed by atoms with E-state index in [1.807, 2.05) is 12.1 Å². The molecule has 3 rings (SSSR count). The van der Waals surface area contributed by atoms with Crippen molar-refractivity contribution in [2.75, 3.05) is 6.54 Å². The third-order valence-corrected chi connectivity index (χ3v) is 4.71. The first-order valence-corrected chi connectivity index (χ1v) is 7.95. The van der Waals surface area contributed by atoms with Crippen LogP contribution in [-0.4, -0.2) is 12.5 Å². The minimum Gasteiger partial charge on any atom is -0.351 e. The van der Waals surface area contributed by atoms with Crippen molar-refractivity contribution < 1.29 is 9.18 Å². The van der Waals surface area contributed by atoms with E-state index in [1.54, 1.807) is 18.2 Å². The van der Waals surface area contributed by atoms with E-state index in [1.165, 1.54) is 12.1 Å². The molecule has 2 aromatic carbocycles. The Morgan fingerprint density at radius 3 is 2.42 bits per heavy atom. The number of benzene rings is 2. The molecule has 128 valence electrons. The number of hydrogen-bond acceptors (Lipinski definition) is 2. The molecule has 0 unspecified atom stereocenters. The van der Waals surface area contributed by atoms with Crippen LogP contribution in [0.2, 0.25) is 5.02 Å². The standard InChI is InChI=1S/C18H18ClFN2O.ClH/c19-16-9-14(20)5-6-15(16)18(7-8-18)11-22-17(23)13-3-1-12(10-21)2-4-13;/h1-6,9H,7-8,10-11,21H2,(H,22,23);1H. The van der Waals surface area contributed by atoms with Crippen LogP contribution in [-0.2, 0) is 12.0 Å². The Bertz CT molecular complexity index is 730. The van der Waals surface area contributed by atoms with Gasteiger partial charge in [-0.25, -0.2) is 4.39 Å². The van der Waals surface area contributed by atoms with Gasteiger partial charge in [-0.1, -0.05) is 29.8 Å². The molecule has 1 aliphatic carbocycles. The number of nitrogens with one attached hydrogen (secondary N) is 1. The Hall–Kier alpha value is -1.62. The van der Waals surface area contributed by atoms with Crippen molar-refractivity contribution in [1.82, 2.24) is 5.32 Å². The van der Waals surface area contributed by atoms with Crippen molar-refractivity contribution in [3.05, 3.63) is 70.0 Å². The van der Waals surface area contributed by atoms with Crippen molar-refractivity contribution in [3.63, 3.8) is 0 Å². The second-order valence-electron chi connectivity index (χ2n) is 5.99. The van der Waals surface area contributed by atoms with Gasteiger partial charge in [0.25, 0.3) is 5.91 Å². The van der Waals surface area contributed by atoms with E-state index in [-0.39, 0.29) is 29.5 Å². The molecule has 0 saturated heterocycles. The highest BCUT2D eigenvalue weighted by Gasteiger charge is 2.45. The molecule has 6 heteroatoms. The lowest BCUT2D eigenvalue weighted by molar-refractivity contribution is 0.0949. The Morgan fingerprint density at radius 1 is 1.21 bits per heavy atom. The quantitative estimate of drug-likeness (QED) is 0.842. The summed E-state index contributed by atoms with van der Waals surface area (Å²) in [5.74, 6) is -0.475. The van der Waals surface area contributed by atoms with Gasteiger partial charge in [-0.2, -0.15) is 0 Å². The molecule has 1 amide bonds. The number of hydrogen-bond donors (Lipinski definition) is 2.